The van der Waals surface area contributed by atoms with Crippen LogP contribution in [0, 0.1) is 0 Å². The van der Waals surface area contributed by atoms with Crippen molar-refractivity contribution in [1.82, 2.24) is 0 Å². The number of hydrogen-bond acceptors (Lipinski definition) is 7. The van der Waals surface area contributed by atoms with Crippen molar-refractivity contribution in [2.75, 3.05) is 13.2 Å². The predicted molar refractivity (Wildman–Crippen MR) is 65.9 cm³/mol. The van der Waals surface area contributed by atoms with E-state index < -0.39 is 24.9 Å². The molecule has 0 saturated heterocycles. The van der Waals surface area contributed by atoms with E-state index in [1.54, 1.807) is 13.8 Å². The molecule has 0 saturated carbocycles. The monoisotopic (exact) mass is 270 g/mol. The Labute approximate surface area is 107 Å². The Balaban J connectivity index is -0.000000233. The molecule has 0 aliphatic rings. The lowest BCUT2D eigenvalue weighted by molar-refractivity contribution is -0.127. The second-order valence-corrected chi connectivity index (χ2v) is 3.68. The molecule has 7 heteroatoms. The molecule has 0 aromatic carbocycles. The Morgan fingerprint density at radius 1 is 1.06 bits per heavy atom. The molecule has 0 aromatic rings. The average Bonchev–Trinajstić information content (AvgIpc) is 2.35. The van der Waals surface area contributed by atoms with Crippen LogP contribution in [0.5, 0.6) is 0 Å². The minimum atomic E-state index is -1.64. The minimum absolute atomic E-state index is 0.0869. The SMILES string of the molecule is CC(C)O.CCCO.O=CC(O)C(O)C(O)CO. The first-order valence-electron chi connectivity index (χ1n) is 5.67. The van der Waals surface area contributed by atoms with Crippen LogP contribution in [0.1, 0.15) is 27.2 Å². The van der Waals surface area contributed by atoms with Crippen LogP contribution >= 0.6 is 0 Å². The van der Waals surface area contributed by atoms with Gasteiger partial charge >= 0.3 is 0 Å². The van der Waals surface area contributed by atoms with Gasteiger partial charge in [0.05, 0.1) is 6.61 Å². The second kappa shape index (κ2) is 16.4. The first-order valence-corrected chi connectivity index (χ1v) is 5.67. The van der Waals surface area contributed by atoms with E-state index in [1.165, 1.54) is 0 Å². The zero-order valence-electron chi connectivity index (χ0n) is 11.1. The standard InChI is InChI=1S/C5H10O5.2C3H8O/c6-1-3(8)5(10)4(9)2-7;1-3(2)4;1-2-3-4/h1,3-5,7-10H,2H2;3-4H,1-2H3;4H,2-3H2,1H3. The maximum absolute atomic E-state index is 9.76. The van der Waals surface area contributed by atoms with Crippen molar-refractivity contribution < 1.29 is 35.4 Å². The molecule has 0 amide bonds. The van der Waals surface area contributed by atoms with E-state index in [1.807, 2.05) is 6.92 Å². The molecule has 0 aliphatic heterocycles. The number of rotatable bonds is 5. The Morgan fingerprint density at radius 2 is 1.39 bits per heavy atom. The number of aliphatic hydroxyl groups is 6. The van der Waals surface area contributed by atoms with Crippen molar-refractivity contribution in [3.8, 4) is 0 Å². The lowest BCUT2D eigenvalue weighted by Crippen LogP contribution is -2.40. The van der Waals surface area contributed by atoms with Crippen molar-refractivity contribution in [1.29, 1.82) is 0 Å². The molecule has 0 spiro atoms. The Hall–Kier alpha value is -0.570. The van der Waals surface area contributed by atoms with Crippen molar-refractivity contribution in [2.45, 2.75) is 51.6 Å². The van der Waals surface area contributed by atoms with Crippen LogP contribution in [-0.4, -0.2) is 74.6 Å². The fourth-order valence-corrected chi connectivity index (χ4v) is 0.416. The highest BCUT2D eigenvalue weighted by atomic mass is 16.4. The number of carbonyl (C=O) groups excluding carboxylic acids is 1. The zero-order chi connectivity index (χ0) is 15.1. The first-order chi connectivity index (χ1) is 8.28. The van der Waals surface area contributed by atoms with Gasteiger partial charge in [0.25, 0.3) is 0 Å². The molecule has 0 radical (unpaired) electrons. The van der Waals surface area contributed by atoms with E-state index in [0.717, 1.165) is 6.42 Å². The van der Waals surface area contributed by atoms with Crippen LogP contribution in [0.15, 0.2) is 0 Å². The first kappa shape index (κ1) is 22.6. The van der Waals surface area contributed by atoms with Gasteiger partial charge in [0.15, 0.2) is 6.29 Å². The van der Waals surface area contributed by atoms with Crippen LogP contribution in [0.25, 0.3) is 0 Å². The van der Waals surface area contributed by atoms with E-state index in [2.05, 4.69) is 0 Å². The smallest absolute Gasteiger partial charge is 0.151 e. The van der Waals surface area contributed by atoms with Gasteiger partial charge in [-0.25, -0.2) is 0 Å². The molecule has 0 aliphatic carbocycles. The summed E-state index contributed by atoms with van der Waals surface area (Å²) in [5.41, 5.74) is 0. The fourth-order valence-electron chi connectivity index (χ4n) is 0.416. The third kappa shape index (κ3) is 20.8. The summed E-state index contributed by atoms with van der Waals surface area (Å²) in [4.78, 5) is 9.76. The van der Waals surface area contributed by atoms with Gasteiger partial charge < -0.3 is 35.4 Å². The van der Waals surface area contributed by atoms with E-state index in [0.29, 0.717) is 6.61 Å². The molecule has 3 atom stereocenters. The molecule has 112 valence electrons. The highest BCUT2D eigenvalue weighted by molar-refractivity contribution is 5.56. The molecule has 0 bridgehead atoms. The van der Waals surface area contributed by atoms with Gasteiger partial charge in [0.2, 0.25) is 0 Å². The Bertz CT molecular complexity index is 159. The summed E-state index contributed by atoms with van der Waals surface area (Å²) in [6, 6.07) is 0. The summed E-state index contributed by atoms with van der Waals surface area (Å²) >= 11 is 0. The van der Waals surface area contributed by atoms with E-state index >= 15 is 0 Å². The van der Waals surface area contributed by atoms with Crippen molar-refractivity contribution in [3.63, 3.8) is 0 Å². The average molecular weight is 270 g/mol. The summed E-state index contributed by atoms with van der Waals surface area (Å²) in [6.45, 7) is 5.01. The molecule has 0 aromatic heterocycles. The minimum Gasteiger partial charge on any atom is -0.396 e. The highest BCUT2D eigenvalue weighted by Crippen LogP contribution is 1.96. The van der Waals surface area contributed by atoms with Crippen molar-refractivity contribution >= 4 is 6.29 Å². The van der Waals surface area contributed by atoms with Gasteiger partial charge in [0.1, 0.15) is 18.3 Å². The molecule has 18 heavy (non-hydrogen) atoms. The van der Waals surface area contributed by atoms with Gasteiger partial charge in [-0.15, -0.1) is 0 Å². The van der Waals surface area contributed by atoms with Crippen LogP contribution in [0.4, 0.5) is 0 Å². The number of hydrogen-bond donors (Lipinski definition) is 6. The van der Waals surface area contributed by atoms with Gasteiger partial charge in [-0.1, -0.05) is 6.92 Å². The molecular formula is C11H26O7. The second-order valence-electron chi connectivity index (χ2n) is 3.68. The molecule has 0 heterocycles. The summed E-state index contributed by atoms with van der Waals surface area (Å²) in [5, 5.41) is 50.0. The number of aldehydes is 1. The lowest BCUT2D eigenvalue weighted by atomic mass is 10.1. The van der Waals surface area contributed by atoms with E-state index in [-0.39, 0.29) is 12.4 Å². The molecule has 0 fully saturated rings. The zero-order valence-corrected chi connectivity index (χ0v) is 11.1. The van der Waals surface area contributed by atoms with Crippen molar-refractivity contribution in [3.05, 3.63) is 0 Å². The topological polar surface area (TPSA) is 138 Å². The molecule has 0 rings (SSSR count). The lowest BCUT2D eigenvalue weighted by Gasteiger charge is -2.16. The largest absolute Gasteiger partial charge is 0.396 e. The van der Waals surface area contributed by atoms with Gasteiger partial charge in [-0.2, -0.15) is 0 Å². The maximum atomic E-state index is 9.76. The maximum Gasteiger partial charge on any atom is 0.151 e. The molecule has 6 N–H and O–H groups in total. The van der Waals surface area contributed by atoms with Gasteiger partial charge in [0, 0.05) is 12.7 Å². The summed E-state index contributed by atoms with van der Waals surface area (Å²) in [5.74, 6) is 0. The van der Waals surface area contributed by atoms with Crippen molar-refractivity contribution in [2.24, 2.45) is 0 Å². The van der Waals surface area contributed by atoms with Gasteiger partial charge in [-0.3, -0.25) is 0 Å². The normalized spacial score (nSPS) is 14.6. The predicted octanol–water partition coefficient (Wildman–Crippen LogP) is -1.96. The highest BCUT2D eigenvalue weighted by Gasteiger charge is 2.22. The summed E-state index contributed by atoms with van der Waals surface area (Å²) in [6.07, 6.45) is -3.92. The van der Waals surface area contributed by atoms with E-state index in [4.69, 9.17) is 30.6 Å². The molecule has 7 nitrogen and oxygen atoms in total. The fraction of sp³-hybridized carbons (Fsp3) is 0.909. The number of carbonyl (C=O) groups is 1. The number of aliphatic hydroxyl groups excluding tert-OH is 6. The van der Waals surface area contributed by atoms with E-state index in [9.17, 15) is 4.79 Å². The third-order valence-electron chi connectivity index (χ3n) is 1.29. The molecule has 3 unspecified atom stereocenters. The summed E-state index contributed by atoms with van der Waals surface area (Å²) in [7, 11) is 0. The Kier molecular flexibility index (Phi) is 20.6. The van der Waals surface area contributed by atoms with Gasteiger partial charge in [-0.05, 0) is 20.3 Å². The van der Waals surface area contributed by atoms with Crippen LogP contribution in [0.3, 0.4) is 0 Å². The quantitative estimate of drug-likeness (QED) is 0.319. The third-order valence-corrected chi connectivity index (χ3v) is 1.29. The summed E-state index contributed by atoms with van der Waals surface area (Å²) < 4.78 is 0. The van der Waals surface area contributed by atoms with Crippen LogP contribution in [-0.2, 0) is 4.79 Å². The van der Waals surface area contributed by atoms with Crippen LogP contribution in [0.2, 0.25) is 0 Å². The Morgan fingerprint density at radius 3 is 1.56 bits per heavy atom. The molecular weight excluding hydrogens is 244 g/mol. The van der Waals surface area contributed by atoms with Crippen LogP contribution < -0.4 is 0 Å².